The Hall–Kier alpha value is -2.98. The van der Waals surface area contributed by atoms with Crippen molar-refractivity contribution in [1.82, 2.24) is 25.0 Å². The molecule has 0 atom stereocenters. The van der Waals surface area contributed by atoms with Crippen molar-refractivity contribution in [2.75, 3.05) is 24.8 Å². The molecule has 5 rings (SSSR count). The molecule has 1 aliphatic rings. The van der Waals surface area contributed by atoms with E-state index in [-0.39, 0.29) is 4.90 Å². The molecule has 4 aromatic rings. The van der Waals surface area contributed by atoms with Gasteiger partial charge in [0.25, 0.3) is 0 Å². The second-order valence-electron chi connectivity index (χ2n) is 7.63. The van der Waals surface area contributed by atoms with Gasteiger partial charge in [0.15, 0.2) is 15.7 Å². The van der Waals surface area contributed by atoms with Crippen molar-refractivity contribution in [2.24, 2.45) is 0 Å². The molecule has 9 nitrogen and oxygen atoms in total. The van der Waals surface area contributed by atoms with Crippen LogP contribution < -0.4 is 5.32 Å². The predicted molar refractivity (Wildman–Crippen MR) is 114 cm³/mol. The van der Waals surface area contributed by atoms with Crippen molar-refractivity contribution >= 4 is 43.1 Å². The van der Waals surface area contributed by atoms with Gasteiger partial charge in [-0.05, 0) is 38.0 Å². The molecule has 156 valence electrons. The summed E-state index contributed by atoms with van der Waals surface area (Å²) < 4.78 is 31.4. The third-order valence-electron chi connectivity index (χ3n) is 5.63. The standard InChI is InChI=1S/C20H22N6O3S/c1-12-18(11-22-26(12)13-5-7-29-8-6-13)24-20-19-16(10-21-25-19)15-9-14(30(2,27)28)3-4-17(15)23-20/h3-4,9-11,13H,5-8H2,1-2H3,(H,21,25)(H,23,24). The van der Waals surface area contributed by atoms with Crippen LogP contribution in [-0.4, -0.2) is 52.8 Å². The third kappa shape index (κ3) is 3.21. The largest absolute Gasteiger partial charge is 0.381 e. The normalized spacial score (nSPS) is 15.8. The first-order chi connectivity index (χ1) is 14.4. The van der Waals surface area contributed by atoms with Crippen molar-refractivity contribution in [2.45, 2.75) is 30.7 Å². The zero-order valence-corrected chi connectivity index (χ0v) is 17.5. The van der Waals surface area contributed by atoms with Crippen molar-refractivity contribution < 1.29 is 13.2 Å². The Balaban J connectivity index is 1.57. The van der Waals surface area contributed by atoms with Gasteiger partial charge in [0.2, 0.25) is 0 Å². The molecule has 0 unspecified atom stereocenters. The van der Waals surface area contributed by atoms with Gasteiger partial charge in [-0.25, -0.2) is 13.4 Å². The van der Waals surface area contributed by atoms with E-state index in [9.17, 15) is 8.42 Å². The van der Waals surface area contributed by atoms with Crippen molar-refractivity contribution in [1.29, 1.82) is 0 Å². The number of hydrogen-bond acceptors (Lipinski definition) is 7. The van der Waals surface area contributed by atoms with Crippen LogP contribution in [0.25, 0.3) is 21.8 Å². The van der Waals surface area contributed by atoms with Crippen molar-refractivity contribution in [3.63, 3.8) is 0 Å². The highest BCUT2D eigenvalue weighted by Crippen LogP contribution is 2.32. The van der Waals surface area contributed by atoms with Gasteiger partial charge >= 0.3 is 0 Å². The van der Waals surface area contributed by atoms with E-state index >= 15 is 0 Å². The Morgan fingerprint density at radius 2 is 2.00 bits per heavy atom. The molecule has 30 heavy (non-hydrogen) atoms. The number of aromatic amines is 1. The van der Waals surface area contributed by atoms with Gasteiger partial charge in [0.1, 0.15) is 5.52 Å². The monoisotopic (exact) mass is 426 g/mol. The lowest BCUT2D eigenvalue weighted by Crippen LogP contribution is -2.21. The van der Waals surface area contributed by atoms with Crippen molar-refractivity contribution in [3.05, 3.63) is 36.3 Å². The van der Waals surface area contributed by atoms with Gasteiger partial charge in [0.05, 0.1) is 40.2 Å². The lowest BCUT2D eigenvalue weighted by molar-refractivity contribution is 0.0657. The minimum Gasteiger partial charge on any atom is -0.381 e. The molecular weight excluding hydrogens is 404 g/mol. The summed E-state index contributed by atoms with van der Waals surface area (Å²) in [5.74, 6) is 0.622. The van der Waals surface area contributed by atoms with Crippen LogP contribution in [0.3, 0.4) is 0 Å². The summed E-state index contributed by atoms with van der Waals surface area (Å²) in [6, 6.07) is 5.28. The van der Waals surface area contributed by atoms with E-state index in [0.29, 0.717) is 22.9 Å². The van der Waals surface area contributed by atoms with Crippen LogP contribution in [0.2, 0.25) is 0 Å². The molecule has 0 bridgehead atoms. The Morgan fingerprint density at radius 3 is 2.77 bits per heavy atom. The number of pyridine rings is 1. The van der Waals surface area contributed by atoms with E-state index < -0.39 is 9.84 Å². The summed E-state index contributed by atoms with van der Waals surface area (Å²) in [6.45, 7) is 3.54. The van der Waals surface area contributed by atoms with Gasteiger partial charge in [-0.3, -0.25) is 9.78 Å². The van der Waals surface area contributed by atoms with Gasteiger partial charge in [-0.2, -0.15) is 10.2 Å². The molecule has 10 heteroatoms. The SMILES string of the molecule is Cc1c(Nc2nc3ccc(S(C)(=O)=O)cc3c3cn[nH]c23)cnn1C1CCOCC1. The highest BCUT2D eigenvalue weighted by atomic mass is 32.2. The Bertz CT molecular complexity index is 1350. The topological polar surface area (TPSA) is 115 Å². The Kier molecular flexibility index (Phi) is 4.48. The minimum absolute atomic E-state index is 0.258. The molecule has 1 fully saturated rings. The maximum absolute atomic E-state index is 12.0. The van der Waals surface area contributed by atoms with E-state index in [4.69, 9.17) is 9.72 Å². The van der Waals surface area contributed by atoms with Crippen LogP contribution in [-0.2, 0) is 14.6 Å². The molecule has 3 aromatic heterocycles. The molecule has 0 radical (unpaired) electrons. The number of anilines is 2. The zero-order chi connectivity index (χ0) is 20.9. The van der Waals surface area contributed by atoms with E-state index in [2.05, 4.69) is 25.3 Å². The fourth-order valence-electron chi connectivity index (χ4n) is 3.97. The van der Waals surface area contributed by atoms with E-state index in [1.165, 1.54) is 6.26 Å². The van der Waals surface area contributed by atoms with Crippen LogP contribution in [0.15, 0.2) is 35.5 Å². The number of fused-ring (bicyclic) bond motifs is 3. The van der Waals surface area contributed by atoms with Gasteiger partial charge < -0.3 is 10.1 Å². The zero-order valence-electron chi connectivity index (χ0n) is 16.7. The van der Waals surface area contributed by atoms with Crippen LogP contribution in [0, 0.1) is 6.92 Å². The molecule has 2 N–H and O–H groups in total. The number of H-pyrrole nitrogens is 1. The first-order valence-corrected chi connectivity index (χ1v) is 11.7. The lowest BCUT2D eigenvalue weighted by atomic mass is 10.1. The number of rotatable bonds is 4. The highest BCUT2D eigenvalue weighted by molar-refractivity contribution is 7.90. The maximum Gasteiger partial charge on any atom is 0.175 e. The summed E-state index contributed by atoms with van der Waals surface area (Å²) in [6.07, 6.45) is 6.59. The third-order valence-corrected chi connectivity index (χ3v) is 6.74. The average molecular weight is 427 g/mol. The van der Waals surface area contributed by atoms with Gasteiger partial charge in [-0.1, -0.05) is 0 Å². The number of nitrogens with zero attached hydrogens (tertiary/aromatic N) is 4. The molecule has 1 saturated heterocycles. The number of sulfone groups is 1. The maximum atomic E-state index is 12.0. The van der Waals surface area contributed by atoms with Crippen LogP contribution >= 0.6 is 0 Å². The summed E-state index contributed by atoms with van der Waals surface area (Å²) in [5.41, 5.74) is 3.31. The molecule has 4 heterocycles. The van der Waals surface area contributed by atoms with Gasteiger partial charge in [-0.15, -0.1) is 0 Å². The number of nitrogens with one attached hydrogen (secondary N) is 2. The number of hydrogen-bond donors (Lipinski definition) is 2. The molecule has 1 aromatic carbocycles. The van der Waals surface area contributed by atoms with Crippen LogP contribution in [0.1, 0.15) is 24.6 Å². The minimum atomic E-state index is -3.31. The van der Waals surface area contributed by atoms with Gasteiger partial charge in [0, 0.05) is 30.2 Å². The number of aromatic nitrogens is 5. The van der Waals surface area contributed by atoms with Crippen LogP contribution in [0.5, 0.6) is 0 Å². The second kappa shape index (κ2) is 7.06. The summed E-state index contributed by atoms with van der Waals surface area (Å²) in [5, 5.41) is 16.6. The Morgan fingerprint density at radius 1 is 1.20 bits per heavy atom. The first kappa shape index (κ1) is 19.0. The fourth-order valence-corrected chi connectivity index (χ4v) is 4.62. The van der Waals surface area contributed by atoms with E-state index in [1.807, 2.05) is 13.1 Å². The van der Waals surface area contributed by atoms with Crippen LogP contribution in [0.4, 0.5) is 11.5 Å². The van der Waals surface area contributed by atoms with E-state index in [0.717, 1.165) is 48.2 Å². The number of ether oxygens (including phenoxy) is 1. The van der Waals surface area contributed by atoms with Crippen molar-refractivity contribution in [3.8, 4) is 0 Å². The second-order valence-corrected chi connectivity index (χ2v) is 9.64. The number of benzene rings is 1. The molecule has 0 amide bonds. The summed E-state index contributed by atoms with van der Waals surface area (Å²) >= 11 is 0. The molecule has 0 spiro atoms. The molecule has 1 aliphatic heterocycles. The lowest BCUT2D eigenvalue weighted by Gasteiger charge is -2.23. The summed E-state index contributed by atoms with van der Waals surface area (Å²) in [4.78, 5) is 4.98. The first-order valence-electron chi connectivity index (χ1n) is 9.77. The molecule has 0 saturated carbocycles. The predicted octanol–water partition coefficient (Wildman–Crippen LogP) is 3.11. The quantitative estimate of drug-likeness (QED) is 0.515. The average Bonchev–Trinajstić information content (AvgIpc) is 3.36. The Labute approximate surface area is 173 Å². The summed E-state index contributed by atoms with van der Waals surface area (Å²) in [7, 11) is -3.31. The molecule has 0 aliphatic carbocycles. The smallest absolute Gasteiger partial charge is 0.175 e. The molecular formula is C20H22N6O3S. The fraction of sp³-hybridized carbons (Fsp3) is 0.350. The van der Waals surface area contributed by atoms with E-state index in [1.54, 1.807) is 24.4 Å². The highest BCUT2D eigenvalue weighted by Gasteiger charge is 2.20.